The summed E-state index contributed by atoms with van der Waals surface area (Å²) in [5, 5.41) is 2.52. The zero-order valence-electron chi connectivity index (χ0n) is 5.63. The van der Waals surface area contributed by atoms with Crippen LogP contribution in [0, 0.1) is 0 Å². The smallest absolute Gasteiger partial charge is 0.347 e. The second kappa shape index (κ2) is 3.34. The molecule has 0 spiro atoms. The third-order valence-electron chi connectivity index (χ3n) is 1.17. The molecule has 0 aliphatic carbocycles. The van der Waals surface area contributed by atoms with E-state index in [1.807, 2.05) is 0 Å². The lowest BCUT2D eigenvalue weighted by molar-refractivity contribution is -0.158. The zero-order chi connectivity index (χ0) is 8.27. The van der Waals surface area contributed by atoms with E-state index in [9.17, 15) is 8.78 Å². The number of allylic oxidation sites excluding steroid dienone is 2. The van der Waals surface area contributed by atoms with Gasteiger partial charge in [0.05, 0.1) is 5.70 Å². The molecule has 0 aromatic carbocycles. The van der Waals surface area contributed by atoms with Crippen LogP contribution >= 0.6 is 0 Å². The van der Waals surface area contributed by atoms with E-state index in [1.54, 1.807) is 6.08 Å². The van der Waals surface area contributed by atoms with E-state index in [0.29, 0.717) is 0 Å². The molecule has 0 aromatic heterocycles. The monoisotopic (exact) mass is 162 g/mol. The molecule has 0 fully saturated rings. The maximum Gasteiger partial charge on any atom is 0.347 e. The third-order valence-corrected chi connectivity index (χ3v) is 1.17. The van der Waals surface area contributed by atoms with E-state index in [4.69, 9.17) is 5.73 Å². The highest BCUT2D eigenvalue weighted by atomic mass is 19.3. The van der Waals surface area contributed by atoms with Crippen LogP contribution in [-0.4, -0.2) is 12.8 Å². The van der Waals surface area contributed by atoms with Crippen molar-refractivity contribution in [1.82, 2.24) is 5.32 Å². The fourth-order valence-corrected chi connectivity index (χ4v) is 0.707. The molecule has 0 radical (unpaired) electrons. The van der Waals surface area contributed by atoms with Crippen molar-refractivity contribution >= 4 is 0 Å². The Morgan fingerprint density at radius 2 is 2.36 bits per heavy atom. The number of ether oxygens (including phenoxy) is 1. The second-order valence-corrected chi connectivity index (χ2v) is 1.97. The van der Waals surface area contributed by atoms with Gasteiger partial charge in [-0.15, -0.1) is 0 Å². The molecule has 0 amide bonds. The highest BCUT2D eigenvalue weighted by molar-refractivity contribution is 5.17. The number of hydrogen-bond donors (Lipinski definition) is 2. The number of alkyl halides is 2. The maximum atomic E-state index is 11.6. The summed E-state index contributed by atoms with van der Waals surface area (Å²) in [6, 6.07) is 0. The number of nitrogens with two attached hydrogens (primary N) is 1. The van der Waals surface area contributed by atoms with Crippen molar-refractivity contribution in [3.05, 3.63) is 24.0 Å². The van der Waals surface area contributed by atoms with E-state index < -0.39 is 12.8 Å². The summed E-state index contributed by atoms with van der Waals surface area (Å²) in [6.07, 6.45) is 3.70. The van der Waals surface area contributed by atoms with Crippen molar-refractivity contribution in [3.63, 3.8) is 0 Å². The summed E-state index contributed by atoms with van der Waals surface area (Å²) in [6.45, 7) is -2.81. The Labute approximate surface area is 62.5 Å². The van der Waals surface area contributed by atoms with Crippen molar-refractivity contribution in [2.75, 3.05) is 0 Å². The van der Waals surface area contributed by atoms with Gasteiger partial charge in [-0.3, -0.25) is 4.74 Å². The van der Waals surface area contributed by atoms with Crippen LogP contribution in [0.25, 0.3) is 0 Å². The summed E-state index contributed by atoms with van der Waals surface area (Å²) >= 11 is 0. The van der Waals surface area contributed by atoms with E-state index in [2.05, 4.69) is 10.1 Å². The zero-order valence-corrected chi connectivity index (χ0v) is 5.63. The van der Waals surface area contributed by atoms with Gasteiger partial charge in [0.2, 0.25) is 0 Å². The lowest BCUT2D eigenvalue weighted by Crippen LogP contribution is -2.36. The Morgan fingerprint density at radius 1 is 1.64 bits per heavy atom. The van der Waals surface area contributed by atoms with Crippen LogP contribution < -0.4 is 11.1 Å². The Hall–Kier alpha value is -1.10. The standard InChI is InChI=1S/C6H8F2N2O/c7-6(8)11-5-4(9)2-1-3-10-5/h1-3,5-6,10H,9H2. The number of rotatable bonds is 2. The fraction of sp³-hybridized carbons (Fsp3) is 0.333. The first-order chi connectivity index (χ1) is 5.20. The van der Waals surface area contributed by atoms with Gasteiger partial charge >= 0.3 is 6.61 Å². The van der Waals surface area contributed by atoms with Crippen molar-refractivity contribution in [3.8, 4) is 0 Å². The Kier molecular flexibility index (Phi) is 2.43. The van der Waals surface area contributed by atoms with Gasteiger partial charge in [0.15, 0.2) is 6.23 Å². The SMILES string of the molecule is NC1=CC=CNC1OC(F)F. The number of halogens is 2. The van der Waals surface area contributed by atoms with E-state index in [0.717, 1.165) is 0 Å². The molecule has 3 nitrogen and oxygen atoms in total. The van der Waals surface area contributed by atoms with Crippen molar-refractivity contribution in [1.29, 1.82) is 0 Å². The predicted molar refractivity (Wildman–Crippen MR) is 35.4 cm³/mol. The molecule has 62 valence electrons. The highest BCUT2D eigenvalue weighted by Crippen LogP contribution is 2.07. The molecule has 1 rings (SSSR count). The Bertz CT molecular complexity index is 191. The predicted octanol–water partition coefficient (Wildman–Crippen LogP) is 0.511. The largest absolute Gasteiger partial charge is 0.398 e. The quantitative estimate of drug-likeness (QED) is 0.622. The Morgan fingerprint density at radius 3 is 2.91 bits per heavy atom. The highest BCUT2D eigenvalue weighted by Gasteiger charge is 2.16. The minimum absolute atomic E-state index is 0.243. The van der Waals surface area contributed by atoms with Crippen LogP contribution in [0.5, 0.6) is 0 Å². The molecule has 1 aliphatic heterocycles. The lowest BCUT2D eigenvalue weighted by atomic mass is 10.3. The van der Waals surface area contributed by atoms with Gasteiger partial charge in [0.25, 0.3) is 0 Å². The van der Waals surface area contributed by atoms with Gasteiger partial charge < -0.3 is 11.1 Å². The minimum Gasteiger partial charge on any atom is -0.398 e. The van der Waals surface area contributed by atoms with Gasteiger partial charge in [-0.25, -0.2) is 0 Å². The third kappa shape index (κ3) is 2.19. The molecule has 1 aliphatic rings. The maximum absolute atomic E-state index is 11.6. The molecule has 3 N–H and O–H groups in total. The first kappa shape index (κ1) is 8.00. The van der Waals surface area contributed by atoms with Gasteiger partial charge in [-0.1, -0.05) is 0 Å². The van der Waals surface area contributed by atoms with Crippen LogP contribution in [0.15, 0.2) is 24.0 Å². The van der Waals surface area contributed by atoms with Crippen molar-refractivity contribution in [2.45, 2.75) is 12.8 Å². The molecule has 11 heavy (non-hydrogen) atoms. The fourth-order valence-electron chi connectivity index (χ4n) is 0.707. The van der Waals surface area contributed by atoms with Gasteiger partial charge in [-0.05, 0) is 18.4 Å². The average molecular weight is 162 g/mol. The first-order valence-corrected chi connectivity index (χ1v) is 3.02. The van der Waals surface area contributed by atoms with Crippen LogP contribution in [0.2, 0.25) is 0 Å². The van der Waals surface area contributed by atoms with Crippen molar-refractivity contribution in [2.24, 2.45) is 5.73 Å². The summed E-state index contributed by atoms with van der Waals surface area (Å²) in [7, 11) is 0. The molecular formula is C6H8F2N2O. The van der Waals surface area contributed by atoms with Gasteiger partial charge in [0.1, 0.15) is 0 Å². The second-order valence-electron chi connectivity index (χ2n) is 1.97. The molecule has 0 saturated heterocycles. The average Bonchev–Trinajstić information content (AvgIpc) is 1.93. The summed E-state index contributed by atoms with van der Waals surface area (Å²) in [5.74, 6) is 0. The summed E-state index contributed by atoms with van der Waals surface area (Å²) in [5.41, 5.74) is 5.56. The minimum atomic E-state index is -2.81. The Balaban J connectivity index is 2.47. The lowest BCUT2D eigenvalue weighted by Gasteiger charge is -2.19. The molecular weight excluding hydrogens is 154 g/mol. The molecule has 1 atom stereocenters. The van der Waals surface area contributed by atoms with E-state index in [-0.39, 0.29) is 5.70 Å². The normalized spacial score (nSPS) is 23.2. The van der Waals surface area contributed by atoms with Gasteiger partial charge in [0, 0.05) is 0 Å². The molecule has 0 saturated carbocycles. The van der Waals surface area contributed by atoms with E-state index in [1.165, 1.54) is 12.3 Å². The van der Waals surface area contributed by atoms with Crippen LogP contribution in [0.3, 0.4) is 0 Å². The van der Waals surface area contributed by atoms with Gasteiger partial charge in [-0.2, -0.15) is 8.78 Å². The molecule has 1 unspecified atom stereocenters. The molecule has 0 bridgehead atoms. The molecule has 5 heteroatoms. The van der Waals surface area contributed by atoms with Crippen LogP contribution in [0.4, 0.5) is 8.78 Å². The molecule has 1 heterocycles. The van der Waals surface area contributed by atoms with Crippen molar-refractivity contribution < 1.29 is 13.5 Å². The number of nitrogens with one attached hydrogen (secondary N) is 1. The van der Waals surface area contributed by atoms with Crippen LogP contribution in [0.1, 0.15) is 0 Å². The van der Waals surface area contributed by atoms with Crippen LogP contribution in [-0.2, 0) is 4.74 Å². The number of dihydropyridines is 1. The summed E-state index contributed by atoms with van der Waals surface area (Å²) < 4.78 is 27.4. The molecule has 0 aromatic rings. The summed E-state index contributed by atoms with van der Waals surface area (Å²) in [4.78, 5) is 0. The topological polar surface area (TPSA) is 47.3 Å². The van der Waals surface area contributed by atoms with E-state index >= 15 is 0 Å². The number of hydrogen-bond acceptors (Lipinski definition) is 3. The first-order valence-electron chi connectivity index (χ1n) is 3.02.